The molecule has 5 aromatic rings. The number of benzene rings is 3. The molecule has 0 saturated carbocycles. The molecule has 134 valence electrons. The summed E-state index contributed by atoms with van der Waals surface area (Å²) < 4.78 is 1.99. The minimum atomic E-state index is 0.0575. The van der Waals surface area contributed by atoms with Crippen molar-refractivity contribution in [2.75, 3.05) is 5.43 Å². The van der Waals surface area contributed by atoms with E-state index in [0.29, 0.717) is 0 Å². The highest BCUT2D eigenvalue weighted by molar-refractivity contribution is 7.99. The van der Waals surface area contributed by atoms with E-state index in [1.54, 1.807) is 24.2 Å². The fraction of sp³-hybridized carbons (Fsp3) is 0.0455. The molecule has 5 nitrogen and oxygen atoms in total. The summed E-state index contributed by atoms with van der Waals surface area (Å²) in [6, 6.07) is 23.3. The van der Waals surface area contributed by atoms with Crippen molar-refractivity contribution in [1.82, 2.24) is 19.9 Å². The van der Waals surface area contributed by atoms with Crippen LogP contribution in [0.25, 0.3) is 32.9 Å². The number of hydrogen-bond acceptors (Lipinski definition) is 5. The van der Waals surface area contributed by atoms with Crippen molar-refractivity contribution in [2.45, 2.75) is 10.5 Å². The van der Waals surface area contributed by atoms with Crippen LogP contribution in [-0.2, 0) is 0 Å². The standard InChI is InChI=1S/C22H15N5S/c1-3-7-17-15(5-1)13-16-6-2-4-8-18(16)19(17)21-26-27-20(24-25-22(27)28-21)14-9-11-23-12-10-14/h1-13,21,26H. The van der Waals surface area contributed by atoms with Gasteiger partial charge in [-0.2, -0.15) is 0 Å². The van der Waals surface area contributed by atoms with Crippen LogP contribution in [0.5, 0.6) is 0 Å². The lowest BCUT2D eigenvalue weighted by molar-refractivity contribution is 0.795. The second kappa shape index (κ2) is 6.07. The van der Waals surface area contributed by atoms with Crippen LogP contribution in [0.3, 0.4) is 0 Å². The Labute approximate surface area is 165 Å². The number of aromatic nitrogens is 4. The smallest absolute Gasteiger partial charge is 0.212 e. The predicted octanol–water partition coefficient (Wildman–Crippen LogP) is 4.99. The lowest BCUT2D eigenvalue weighted by atomic mass is 9.97. The first-order valence-electron chi connectivity index (χ1n) is 9.08. The monoisotopic (exact) mass is 381 g/mol. The van der Waals surface area contributed by atoms with Gasteiger partial charge in [0.15, 0.2) is 5.82 Å². The number of fused-ring (bicyclic) bond motifs is 3. The minimum absolute atomic E-state index is 0.0575. The zero-order valence-electron chi connectivity index (χ0n) is 14.8. The van der Waals surface area contributed by atoms with Crippen molar-refractivity contribution >= 4 is 33.3 Å². The summed E-state index contributed by atoms with van der Waals surface area (Å²) in [5, 5.41) is 14.7. The van der Waals surface area contributed by atoms with E-state index >= 15 is 0 Å². The van der Waals surface area contributed by atoms with E-state index < -0.39 is 0 Å². The van der Waals surface area contributed by atoms with Crippen LogP contribution in [-0.4, -0.2) is 19.9 Å². The lowest BCUT2D eigenvalue weighted by Gasteiger charge is -2.17. The average Bonchev–Trinajstić information content (AvgIpc) is 3.33. The van der Waals surface area contributed by atoms with Gasteiger partial charge in [0.25, 0.3) is 0 Å². The lowest BCUT2D eigenvalue weighted by Crippen LogP contribution is -2.14. The summed E-state index contributed by atoms with van der Waals surface area (Å²) in [6.45, 7) is 0. The first kappa shape index (κ1) is 15.7. The van der Waals surface area contributed by atoms with Crippen molar-refractivity contribution in [3.8, 4) is 11.4 Å². The van der Waals surface area contributed by atoms with E-state index in [4.69, 9.17) is 0 Å². The molecule has 1 aliphatic heterocycles. The van der Waals surface area contributed by atoms with Crippen molar-refractivity contribution in [3.63, 3.8) is 0 Å². The van der Waals surface area contributed by atoms with Crippen LogP contribution < -0.4 is 5.43 Å². The highest BCUT2D eigenvalue weighted by atomic mass is 32.2. The Morgan fingerprint density at radius 1 is 0.821 bits per heavy atom. The summed E-state index contributed by atoms with van der Waals surface area (Å²) >= 11 is 1.70. The summed E-state index contributed by atoms with van der Waals surface area (Å²) in [7, 11) is 0. The van der Waals surface area contributed by atoms with Gasteiger partial charge in [0.05, 0.1) is 0 Å². The maximum atomic E-state index is 4.40. The minimum Gasteiger partial charge on any atom is -0.304 e. The Bertz CT molecular complexity index is 1280. The largest absolute Gasteiger partial charge is 0.304 e. The first-order valence-corrected chi connectivity index (χ1v) is 9.96. The van der Waals surface area contributed by atoms with Crippen LogP contribution in [0.1, 0.15) is 10.9 Å². The van der Waals surface area contributed by atoms with Crippen LogP contribution in [0.2, 0.25) is 0 Å². The maximum absolute atomic E-state index is 4.40. The first-order chi connectivity index (χ1) is 13.9. The molecular formula is C22H15N5S. The molecule has 3 aromatic carbocycles. The fourth-order valence-electron chi connectivity index (χ4n) is 3.85. The molecule has 1 unspecified atom stereocenters. The van der Waals surface area contributed by atoms with Gasteiger partial charge in [0.2, 0.25) is 5.16 Å². The van der Waals surface area contributed by atoms with E-state index in [9.17, 15) is 0 Å². The summed E-state index contributed by atoms with van der Waals surface area (Å²) in [6.07, 6.45) is 3.55. The SMILES string of the molecule is c1ccc2c(C3Nn4c(nnc4-c4ccncc4)S3)c3ccccc3cc2c1. The van der Waals surface area contributed by atoms with Gasteiger partial charge in [-0.25, -0.2) is 4.68 Å². The second-order valence-electron chi connectivity index (χ2n) is 6.74. The Balaban J connectivity index is 1.52. The quantitative estimate of drug-likeness (QED) is 0.436. The van der Waals surface area contributed by atoms with Crippen molar-refractivity contribution in [3.05, 3.63) is 84.7 Å². The third kappa shape index (κ3) is 2.31. The zero-order chi connectivity index (χ0) is 18.5. The zero-order valence-corrected chi connectivity index (χ0v) is 15.6. The number of hydrogen-bond donors (Lipinski definition) is 1. The Morgan fingerprint density at radius 2 is 1.50 bits per heavy atom. The molecule has 0 radical (unpaired) electrons. The normalized spacial score (nSPS) is 15.6. The molecule has 1 N–H and O–H groups in total. The number of nitrogens with zero attached hydrogens (tertiary/aromatic N) is 4. The average molecular weight is 381 g/mol. The molecule has 0 amide bonds. The third-order valence-corrected chi connectivity index (χ3v) is 6.17. The van der Waals surface area contributed by atoms with E-state index in [0.717, 1.165) is 16.5 Å². The van der Waals surface area contributed by atoms with Gasteiger partial charge in [-0.05, 0) is 39.7 Å². The van der Waals surface area contributed by atoms with Crippen molar-refractivity contribution < 1.29 is 0 Å². The molecule has 1 atom stereocenters. The van der Waals surface area contributed by atoms with Crippen molar-refractivity contribution in [2.24, 2.45) is 0 Å². The molecule has 0 spiro atoms. The van der Waals surface area contributed by atoms with Crippen LogP contribution in [0.4, 0.5) is 0 Å². The Kier molecular flexibility index (Phi) is 3.39. The fourth-order valence-corrected chi connectivity index (χ4v) is 4.93. The maximum Gasteiger partial charge on any atom is 0.212 e. The molecule has 1 aliphatic rings. The summed E-state index contributed by atoms with van der Waals surface area (Å²) in [4.78, 5) is 4.10. The highest BCUT2D eigenvalue weighted by Crippen LogP contribution is 2.45. The molecule has 6 rings (SSSR count). The van der Waals surface area contributed by atoms with Crippen LogP contribution >= 0.6 is 11.8 Å². The molecule has 3 heterocycles. The number of rotatable bonds is 2. The molecule has 0 saturated heterocycles. The van der Waals surface area contributed by atoms with Crippen molar-refractivity contribution in [1.29, 1.82) is 0 Å². The molecule has 6 heteroatoms. The van der Waals surface area contributed by atoms with Crippen LogP contribution in [0.15, 0.2) is 84.3 Å². The second-order valence-corrected chi connectivity index (χ2v) is 7.81. The molecular weight excluding hydrogens is 366 g/mol. The summed E-state index contributed by atoms with van der Waals surface area (Å²) in [5.41, 5.74) is 5.89. The van der Waals surface area contributed by atoms with Gasteiger partial charge < -0.3 is 5.43 Å². The van der Waals surface area contributed by atoms with E-state index in [1.807, 2.05) is 16.8 Å². The van der Waals surface area contributed by atoms with Gasteiger partial charge >= 0.3 is 0 Å². The van der Waals surface area contributed by atoms with Gasteiger partial charge in [0, 0.05) is 23.5 Å². The number of pyridine rings is 1. The number of thioether (sulfide) groups is 1. The van der Waals surface area contributed by atoms with Gasteiger partial charge in [-0.1, -0.05) is 60.3 Å². The van der Waals surface area contributed by atoms with E-state index in [1.165, 1.54) is 27.1 Å². The van der Waals surface area contributed by atoms with Crippen LogP contribution in [0, 0.1) is 0 Å². The molecule has 0 aliphatic carbocycles. The van der Waals surface area contributed by atoms with Gasteiger partial charge in [-0.3, -0.25) is 4.98 Å². The Morgan fingerprint density at radius 3 is 2.21 bits per heavy atom. The van der Waals surface area contributed by atoms with E-state index in [-0.39, 0.29) is 5.37 Å². The van der Waals surface area contributed by atoms with E-state index in [2.05, 4.69) is 75.2 Å². The summed E-state index contributed by atoms with van der Waals surface area (Å²) in [5.74, 6) is 0.803. The Hall–Kier alpha value is -3.38. The molecule has 28 heavy (non-hydrogen) atoms. The van der Waals surface area contributed by atoms with Gasteiger partial charge in [0.1, 0.15) is 5.37 Å². The highest BCUT2D eigenvalue weighted by Gasteiger charge is 2.30. The van der Waals surface area contributed by atoms with Gasteiger partial charge in [-0.15, -0.1) is 10.2 Å². The molecule has 0 fully saturated rings. The number of nitrogens with one attached hydrogen (secondary N) is 1. The third-order valence-electron chi connectivity index (χ3n) is 5.12. The molecule has 2 aromatic heterocycles. The molecule has 0 bridgehead atoms. The topological polar surface area (TPSA) is 55.6 Å². The predicted molar refractivity (Wildman–Crippen MR) is 113 cm³/mol.